The van der Waals surface area contributed by atoms with Crippen LogP contribution in [0.3, 0.4) is 0 Å². The number of rotatable bonds is 0. The maximum Gasteiger partial charge on any atom is 0.0315 e. The van der Waals surface area contributed by atoms with Crippen LogP contribution in [0.1, 0.15) is 0 Å². The van der Waals surface area contributed by atoms with E-state index >= 15 is 0 Å². The van der Waals surface area contributed by atoms with Crippen molar-refractivity contribution in [1.82, 2.24) is 0 Å². The molecule has 0 aromatic heterocycles. The molecule has 2 rings (SSSR count). The molecule has 0 aliphatic carbocycles. The fourth-order valence-corrected chi connectivity index (χ4v) is 1.77. The van der Waals surface area contributed by atoms with E-state index in [9.17, 15) is 0 Å². The molecule has 0 unspecified atom stereocenters. The van der Waals surface area contributed by atoms with Gasteiger partial charge in [-0.3, -0.25) is 0 Å². The lowest BCUT2D eigenvalue weighted by Crippen LogP contribution is -1.74. The first-order valence-corrected chi connectivity index (χ1v) is 4.88. The number of fused-ring (bicyclic) bond motifs is 1. The Balaban J connectivity index is 2.84. The molecule has 0 amide bonds. The molecule has 0 heterocycles. The summed E-state index contributed by atoms with van der Waals surface area (Å²) in [6.07, 6.45) is 0. The van der Waals surface area contributed by atoms with Crippen molar-refractivity contribution in [3.05, 3.63) is 40.9 Å². The van der Waals surface area contributed by atoms with Gasteiger partial charge in [0.05, 0.1) is 0 Å². The van der Waals surface area contributed by atoms with Crippen molar-refractivity contribution in [3.63, 3.8) is 0 Å². The summed E-state index contributed by atoms with van der Waals surface area (Å²) in [5.41, 5.74) is 0. The van der Waals surface area contributed by atoms with Gasteiger partial charge in [0.15, 0.2) is 0 Å². The smallest absolute Gasteiger partial charge is 0.0315 e. The van der Waals surface area contributed by atoms with Crippen molar-refractivity contribution >= 4 is 39.3 Å². The molecule has 0 fully saturated rings. The predicted octanol–water partition coefficient (Wildman–Crippen LogP) is 3.89. The third kappa shape index (κ3) is 1.37. The molecule has 0 atom stereocenters. The Morgan fingerprint density at radius 3 is 2.25 bits per heavy atom. The monoisotopic (exact) mass is 238 g/mol. The van der Waals surface area contributed by atoms with Crippen molar-refractivity contribution in [2.45, 2.75) is 4.90 Å². The van der Waals surface area contributed by atoms with E-state index < -0.39 is 0 Å². The number of hydrogen-bond acceptors (Lipinski definition) is 1. The molecule has 0 radical (unpaired) electrons. The molecule has 2 heteroatoms. The molecule has 2 aromatic rings. The highest BCUT2D eigenvalue weighted by molar-refractivity contribution is 9.10. The molecule has 60 valence electrons. The first kappa shape index (κ1) is 8.14. The third-order valence-corrected chi connectivity index (χ3v) is 3.15. The van der Waals surface area contributed by atoms with E-state index in [0.717, 1.165) is 9.37 Å². The van der Waals surface area contributed by atoms with Gasteiger partial charge < -0.3 is 0 Å². The summed E-state index contributed by atoms with van der Waals surface area (Å²) >= 11 is 7.77. The van der Waals surface area contributed by atoms with Crippen molar-refractivity contribution in [2.75, 3.05) is 0 Å². The van der Waals surface area contributed by atoms with Gasteiger partial charge in [-0.15, -0.1) is 12.6 Å². The summed E-state index contributed by atoms with van der Waals surface area (Å²) in [6, 6.07) is 12.4. The highest BCUT2D eigenvalue weighted by Crippen LogP contribution is 2.26. The first-order chi connectivity index (χ1) is 5.77. The lowest BCUT2D eigenvalue weighted by atomic mass is 10.1. The summed E-state index contributed by atoms with van der Waals surface area (Å²) in [5.74, 6) is 0. The van der Waals surface area contributed by atoms with E-state index in [4.69, 9.17) is 0 Å². The topological polar surface area (TPSA) is 0 Å². The molecule has 0 aliphatic heterocycles. The fourth-order valence-electron chi connectivity index (χ4n) is 1.20. The Morgan fingerprint density at radius 2 is 1.58 bits per heavy atom. The van der Waals surface area contributed by atoms with E-state index in [2.05, 4.69) is 52.8 Å². The molecule has 0 saturated heterocycles. The zero-order valence-corrected chi connectivity index (χ0v) is 8.77. The standard InChI is InChI=1S/C10H7BrS/c11-9-5-7-3-1-2-4-8(7)6-10(9)12/h1-6,12H. The molecule has 0 nitrogen and oxygen atoms in total. The van der Waals surface area contributed by atoms with Gasteiger partial charge >= 0.3 is 0 Å². The minimum Gasteiger partial charge on any atom is -0.142 e. The van der Waals surface area contributed by atoms with Crippen LogP contribution in [-0.2, 0) is 0 Å². The van der Waals surface area contributed by atoms with Gasteiger partial charge in [0.1, 0.15) is 0 Å². The van der Waals surface area contributed by atoms with E-state index in [1.54, 1.807) is 0 Å². The summed E-state index contributed by atoms with van der Waals surface area (Å²) < 4.78 is 1.05. The minimum atomic E-state index is 0.980. The Morgan fingerprint density at radius 1 is 1.00 bits per heavy atom. The van der Waals surface area contributed by atoms with Gasteiger partial charge in [0.2, 0.25) is 0 Å². The fraction of sp³-hybridized carbons (Fsp3) is 0. The maximum absolute atomic E-state index is 4.33. The predicted molar refractivity (Wildman–Crippen MR) is 58.9 cm³/mol. The van der Waals surface area contributed by atoms with Gasteiger partial charge in [-0.25, -0.2) is 0 Å². The van der Waals surface area contributed by atoms with Crippen molar-refractivity contribution in [3.8, 4) is 0 Å². The van der Waals surface area contributed by atoms with Gasteiger partial charge in [0, 0.05) is 9.37 Å². The molecule has 0 aliphatic rings. The molecule has 0 bridgehead atoms. The second kappa shape index (κ2) is 3.11. The zero-order chi connectivity index (χ0) is 8.55. The summed E-state index contributed by atoms with van der Waals surface area (Å²) in [6.45, 7) is 0. The molecule has 0 spiro atoms. The summed E-state index contributed by atoms with van der Waals surface area (Å²) in [4.78, 5) is 0.980. The largest absolute Gasteiger partial charge is 0.142 e. The molecular formula is C10H7BrS. The quantitative estimate of drug-likeness (QED) is 0.662. The molecule has 2 aromatic carbocycles. The lowest BCUT2D eigenvalue weighted by Gasteiger charge is -2.00. The highest BCUT2D eigenvalue weighted by Gasteiger charge is 1.97. The van der Waals surface area contributed by atoms with Crippen LogP contribution < -0.4 is 0 Å². The molecule has 12 heavy (non-hydrogen) atoms. The van der Waals surface area contributed by atoms with Crippen LogP contribution in [0.4, 0.5) is 0 Å². The third-order valence-electron chi connectivity index (χ3n) is 1.82. The van der Waals surface area contributed by atoms with Crippen molar-refractivity contribution in [1.29, 1.82) is 0 Å². The SMILES string of the molecule is Sc1cc2ccccc2cc1Br. The molecule has 0 N–H and O–H groups in total. The maximum atomic E-state index is 4.33. The summed E-state index contributed by atoms with van der Waals surface area (Å²) in [5, 5.41) is 2.47. The van der Waals surface area contributed by atoms with Crippen LogP contribution >= 0.6 is 28.6 Å². The van der Waals surface area contributed by atoms with Gasteiger partial charge in [-0.05, 0) is 38.8 Å². The lowest BCUT2D eigenvalue weighted by molar-refractivity contribution is 1.46. The second-order valence-electron chi connectivity index (χ2n) is 2.65. The number of thiol groups is 1. The van der Waals surface area contributed by atoms with E-state index in [1.807, 2.05) is 12.1 Å². The Hall–Kier alpha value is -0.470. The average Bonchev–Trinajstić information content (AvgIpc) is 2.07. The number of hydrogen-bond donors (Lipinski definition) is 1. The van der Waals surface area contributed by atoms with Crippen LogP contribution in [-0.4, -0.2) is 0 Å². The minimum absolute atomic E-state index is 0.980. The van der Waals surface area contributed by atoms with Crippen LogP contribution in [0.15, 0.2) is 45.8 Å². The zero-order valence-electron chi connectivity index (χ0n) is 6.29. The van der Waals surface area contributed by atoms with E-state index in [0.29, 0.717) is 0 Å². The Labute approximate surface area is 85.1 Å². The molecular weight excluding hydrogens is 232 g/mol. The van der Waals surface area contributed by atoms with Crippen LogP contribution in [0.2, 0.25) is 0 Å². The van der Waals surface area contributed by atoms with Crippen LogP contribution in [0, 0.1) is 0 Å². The van der Waals surface area contributed by atoms with Crippen molar-refractivity contribution in [2.24, 2.45) is 0 Å². The van der Waals surface area contributed by atoms with Gasteiger partial charge in [-0.1, -0.05) is 24.3 Å². The van der Waals surface area contributed by atoms with Crippen molar-refractivity contribution < 1.29 is 0 Å². The van der Waals surface area contributed by atoms with E-state index in [-0.39, 0.29) is 0 Å². The molecule has 0 saturated carbocycles. The highest BCUT2D eigenvalue weighted by atomic mass is 79.9. The number of benzene rings is 2. The summed E-state index contributed by atoms with van der Waals surface area (Å²) in [7, 11) is 0. The van der Waals surface area contributed by atoms with E-state index in [1.165, 1.54) is 10.8 Å². The second-order valence-corrected chi connectivity index (χ2v) is 3.99. The van der Waals surface area contributed by atoms with Crippen LogP contribution in [0.25, 0.3) is 10.8 Å². The van der Waals surface area contributed by atoms with Gasteiger partial charge in [-0.2, -0.15) is 0 Å². The first-order valence-electron chi connectivity index (χ1n) is 3.64. The number of halogens is 1. The Kier molecular flexibility index (Phi) is 2.11. The van der Waals surface area contributed by atoms with Gasteiger partial charge in [0.25, 0.3) is 0 Å². The average molecular weight is 239 g/mol. The normalized spacial score (nSPS) is 10.5. The Bertz CT molecular complexity index is 383. The van der Waals surface area contributed by atoms with Crippen LogP contribution in [0.5, 0.6) is 0 Å².